The number of nitrogens with two attached hydrogens (primary N) is 1. The number of amides is 1. The maximum atomic E-state index is 13.5. The van der Waals surface area contributed by atoms with Crippen LogP contribution in [0.15, 0.2) is 66.7 Å². The number of hydrogen-bond donors (Lipinski definition) is 3. The van der Waals surface area contributed by atoms with Crippen LogP contribution < -0.4 is 15.8 Å². The Morgan fingerprint density at radius 3 is 2.45 bits per heavy atom. The maximum absolute atomic E-state index is 13.5. The van der Waals surface area contributed by atoms with E-state index in [1.54, 1.807) is 43.5 Å². The van der Waals surface area contributed by atoms with Crippen LogP contribution in [-0.2, 0) is 0 Å². The maximum Gasteiger partial charge on any atom is 0.258 e. The molecule has 0 saturated heterocycles. The molecule has 5 rings (SSSR count). The summed E-state index contributed by atoms with van der Waals surface area (Å²) in [6.07, 6.45) is 0. The monoisotopic (exact) mass is 410 g/mol. The van der Waals surface area contributed by atoms with Gasteiger partial charge < -0.3 is 15.8 Å². The molecule has 3 aromatic carbocycles. The van der Waals surface area contributed by atoms with E-state index in [0.29, 0.717) is 34.0 Å². The Morgan fingerprint density at radius 2 is 1.74 bits per heavy atom. The number of benzene rings is 3. The topological polar surface area (TPSA) is 110 Å². The number of para-hydroxylation sites is 1. The van der Waals surface area contributed by atoms with Crippen molar-refractivity contribution in [2.24, 2.45) is 0 Å². The van der Waals surface area contributed by atoms with Gasteiger partial charge in [-0.2, -0.15) is 5.10 Å². The second-order valence-electron chi connectivity index (χ2n) is 7.15. The quantitative estimate of drug-likeness (QED) is 0.386. The average molecular weight is 410 g/mol. The first kappa shape index (κ1) is 18.6. The van der Waals surface area contributed by atoms with Crippen molar-refractivity contribution in [3.8, 4) is 28.3 Å². The number of aromatic nitrogens is 2. The van der Waals surface area contributed by atoms with Gasteiger partial charge >= 0.3 is 0 Å². The molecule has 31 heavy (non-hydrogen) atoms. The van der Waals surface area contributed by atoms with Crippen molar-refractivity contribution < 1.29 is 14.3 Å². The van der Waals surface area contributed by atoms with Crippen molar-refractivity contribution in [2.45, 2.75) is 0 Å². The standard InChI is InChI=1S/C24H18N4O3/c1-31-15-9-7-13(8-10-15)21-20-22(28-27-21)16-11-12-17(25)19(18(16)23(20)29)24(30)26-14-5-3-2-4-6-14/h2-12H,25H2,1H3,(H,26,30)(H,27,28). The normalized spacial score (nSPS) is 11.7. The van der Waals surface area contributed by atoms with Crippen molar-refractivity contribution in [1.29, 1.82) is 0 Å². The third kappa shape index (κ3) is 2.95. The number of fused-ring (bicyclic) bond motifs is 3. The molecule has 1 aliphatic carbocycles. The number of hydrogen-bond acceptors (Lipinski definition) is 5. The van der Waals surface area contributed by atoms with E-state index in [-0.39, 0.29) is 22.6 Å². The van der Waals surface area contributed by atoms with Crippen molar-refractivity contribution >= 4 is 23.1 Å². The largest absolute Gasteiger partial charge is 0.497 e. The number of nitrogen functional groups attached to an aromatic ring is 1. The van der Waals surface area contributed by atoms with Gasteiger partial charge in [0, 0.05) is 28.1 Å². The van der Waals surface area contributed by atoms with E-state index in [1.165, 1.54) is 0 Å². The van der Waals surface area contributed by atoms with Crippen LogP contribution in [0.3, 0.4) is 0 Å². The Balaban J connectivity index is 1.59. The third-order valence-electron chi connectivity index (χ3n) is 5.35. The molecule has 0 unspecified atom stereocenters. The van der Waals surface area contributed by atoms with Crippen LogP contribution in [-0.4, -0.2) is 29.0 Å². The fourth-order valence-corrected chi connectivity index (χ4v) is 3.86. The second kappa shape index (κ2) is 7.14. The molecule has 0 atom stereocenters. The zero-order valence-corrected chi connectivity index (χ0v) is 16.6. The summed E-state index contributed by atoms with van der Waals surface area (Å²) in [7, 11) is 1.59. The molecule has 1 heterocycles. The predicted octanol–water partition coefficient (Wildman–Crippen LogP) is 4.13. The summed E-state index contributed by atoms with van der Waals surface area (Å²) >= 11 is 0. The highest BCUT2D eigenvalue weighted by Crippen LogP contribution is 2.43. The number of methoxy groups -OCH3 is 1. The number of ketones is 1. The van der Waals surface area contributed by atoms with E-state index in [4.69, 9.17) is 10.5 Å². The number of nitrogens with zero attached hydrogens (tertiary/aromatic N) is 1. The summed E-state index contributed by atoms with van der Waals surface area (Å²) in [5.41, 5.74) is 10.4. The molecule has 1 aliphatic rings. The molecule has 7 nitrogen and oxygen atoms in total. The summed E-state index contributed by atoms with van der Waals surface area (Å²) in [4.78, 5) is 26.5. The number of aromatic amines is 1. The Labute approximate surface area is 177 Å². The molecule has 4 N–H and O–H groups in total. The minimum atomic E-state index is -0.432. The molecule has 0 saturated carbocycles. The van der Waals surface area contributed by atoms with Gasteiger partial charge in [0.1, 0.15) is 11.4 Å². The number of carbonyl (C=O) groups is 2. The molecule has 0 aliphatic heterocycles. The molecule has 1 aromatic heterocycles. The van der Waals surface area contributed by atoms with Gasteiger partial charge in [0.2, 0.25) is 0 Å². The summed E-state index contributed by atoms with van der Waals surface area (Å²) < 4.78 is 5.20. The van der Waals surface area contributed by atoms with Crippen LogP contribution in [0, 0.1) is 0 Å². The van der Waals surface area contributed by atoms with E-state index in [1.807, 2.05) is 30.3 Å². The van der Waals surface area contributed by atoms with E-state index >= 15 is 0 Å². The molecule has 0 radical (unpaired) electrons. The summed E-state index contributed by atoms with van der Waals surface area (Å²) in [6.45, 7) is 0. The molecule has 4 aromatic rings. The average Bonchev–Trinajstić information content (AvgIpc) is 3.34. The molecule has 0 bridgehead atoms. The lowest BCUT2D eigenvalue weighted by molar-refractivity contribution is 0.0999. The predicted molar refractivity (Wildman–Crippen MR) is 118 cm³/mol. The van der Waals surface area contributed by atoms with Crippen molar-refractivity contribution in [2.75, 3.05) is 18.2 Å². The summed E-state index contributed by atoms with van der Waals surface area (Å²) in [6, 6.07) is 19.7. The Bertz CT molecular complexity index is 1330. The highest BCUT2D eigenvalue weighted by Gasteiger charge is 2.37. The van der Waals surface area contributed by atoms with E-state index < -0.39 is 5.91 Å². The van der Waals surface area contributed by atoms with Crippen LogP contribution >= 0.6 is 0 Å². The molecular weight excluding hydrogens is 392 g/mol. The van der Waals surface area contributed by atoms with Crippen LogP contribution in [0.2, 0.25) is 0 Å². The Morgan fingerprint density at radius 1 is 1.00 bits per heavy atom. The minimum absolute atomic E-state index is 0.164. The number of anilines is 2. The van der Waals surface area contributed by atoms with Gasteiger partial charge in [-0.25, -0.2) is 0 Å². The first-order valence-electron chi connectivity index (χ1n) is 9.65. The van der Waals surface area contributed by atoms with E-state index in [2.05, 4.69) is 15.5 Å². The molecule has 0 fully saturated rings. The Kier molecular flexibility index (Phi) is 4.29. The fraction of sp³-hybridized carbons (Fsp3) is 0.0417. The fourth-order valence-electron chi connectivity index (χ4n) is 3.86. The van der Waals surface area contributed by atoms with E-state index in [9.17, 15) is 9.59 Å². The third-order valence-corrected chi connectivity index (χ3v) is 5.35. The van der Waals surface area contributed by atoms with Crippen LogP contribution in [0.5, 0.6) is 5.75 Å². The number of H-pyrrole nitrogens is 1. The summed E-state index contributed by atoms with van der Waals surface area (Å²) in [5, 5.41) is 10.1. The van der Waals surface area contributed by atoms with Gasteiger partial charge in [-0.3, -0.25) is 14.7 Å². The van der Waals surface area contributed by atoms with Crippen LogP contribution in [0.4, 0.5) is 11.4 Å². The van der Waals surface area contributed by atoms with Crippen LogP contribution in [0.25, 0.3) is 22.5 Å². The number of carbonyl (C=O) groups excluding carboxylic acids is 2. The highest BCUT2D eigenvalue weighted by atomic mass is 16.5. The van der Waals surface area contributed by atoms with Crippen molar-refractivity contribution in [3.63, 3.8) is 0 Å². The SMILES string of the molecule is COc1ccc(-c2n[nH]c3c2C(=O)c2c-3ccc(N)c2C(=O)Nc2ccccc2)cc1. The minimum Gasteiger partial charge on any atom is -0.497 e. The highest BCUT2D eigenvalue weighted by molar-refractivity contribution is 6.29. The molecule has 1 amide bonds. The molecule has 0 spiro atoms. The van der Waals surface area contributed by atoms with Gasteiger partial charge in [0.15, 0.2) is 5.78 Å². The smallest absolute Gasteiger partial charge is 0.258 e. The molecular formula is C24H18N4O3. The second-order valence-corrected chi connectivity index (χ2v) is 7.15. The lowest BCUT2D eigenvalue weighted by atomic mass is 9.98. The number of ether oxygens (including phenoxy) is 1. The van der Waals surface area contributed by atoms with Crippen LogP contribution in [0.1, 0.15) is 26.3 Å². The van der Waals surface area contributed by atoms with Gasteiger partial charge in [0.05, 0.1) is 23.9 Å². The molecule has 7 heteroatoms. The Hall–Kier alpha value is -4.39. The lowest BCUT2D eigenvalue weighted by Crippen LogP contribution is -2.18. The van der Waals surface area contributed by atoms with Gasteiger partial charge in [-0.05, 0) is 48.5 Å². The van der Waals surface area contributed by atoms with Gasteiger partial charge in [-0.1, -0.05) is 18.2 Å². The first-order chi connectivity index (χ1) is 15.1. The summed E-state index contributed by atoms with van der Waals surface area (Å²) in [5.74, 6) is -0.00808. The van der Waals surface area contributed by atoms with Crippen molar-refractivity contribution in [3.05, 3.63) is 83.4 Å². The van der Waals surface area contributed by atoms with Crippen molar-refractivity contribution in [1.82, 2.24) is 10.2 Å². The van der Waals surface area contributed by atoms with E-state index in [0.717, 1.165) is 5.56 Å². The zero-order chi connectivity index (χ0) is 21.5. The lowest BCUT2D eigenvalue weighted by Gasteiger charge is -2.12. The zero-order valence-electron chi connectivity index (χ0n) is 16.6. The van der Waals surface area contributed by atoms with Gasteiger partial charge in [-0.15, -0.1) is 0 Å². The number of nitrogens with one attached hydrogen (secondary N) is 2. The number of rotatable bonds is 4. The first-order valence-corrected chi connectivity index (χ1v) is 9.65. The van der Waals surface area contributed by atoms with Gasteiger partial charge in [0.25, 0.3) is 5.91 Å². The molecule has 152 valence electrons.